The Morgan fingerprint density at radius 1 is 1.45 bits per heavy atom. The molecule has 0 amide bonds. The van der Waals surface area contributed by atoms with Crippen LogP contribution in [-0.4, -0.2) is 16.7 Å². The second-order valence-corrected chi connectivity index (χ2v) is 2.90. The number of aliphatic hydroxyl groups is 1. The van der Waals surface area contributed by atoms with Gasteiger partial charge in [-0.1, -0.05) is 23.2 Å². The maximum absolute atomic E-state index is 8.58. The minimum atomic E-state index is 0.0500. The highest BCUT2D eigenvalue weighted by Crippen LogP contribution is 2.18. The number of hydrogen-bond acceptors (Lipinski definition) is 2. The number of nitrogens with zero attached hydrogens (tertiary/aromatic N) is 1. The van der Waals surface area contributed by atoms with E-state index in [4.69, 9.17) is 28.3 Å². The number of aliphatic hydroxyl groups excluding tert-OH is 1. The third kappa shape index (κ3) is 2.33. The Morgan fingerprint density at radius 3 is 2.73 bits per heavy atom. The zero-order valence-electron chi connectivity index (χ0n) is 5.72. The van der Waals surface area contributed by atoms with Crippen LogP contribution < -0.4 is 0 Å². The maximum Gasteiger partial charge on any atom is 0.0637 e. The summed E-state index contributed by atoms with van der Waals surface area (Å²) < 4.78 is 0. The average molecular weight is 192 g/mol. The molecule has 1 heterocycles. The molecule has 2 nitrogen and oxygen atoms in total. The van der Waals surface area contributed by atoms with Crippen molar-refractivity contribution >= 4 is 23.2 Å². The number of hydrogen-bond donors (Lipinski definition) is 1. The van der Waals surface area contributed by atoms with E-state index in [2.05, 4.69) is 4.98 Å². The van der Waals surface area contributed by atoms with E-state index >= 15 is 0 Å². The predicted octanol–water partition coefficient (Wildman–Crippen LogP) is 1.92. The first-order valence-corrected chi connectivity index (χ1v) is 3.90. The molecule has 1 aromatic heterocycles. The van der Waals surface area contributed by atoms with Gasteiger partial charge in [0.1, 0.15) is 0 Å². The standard InChI is InChI=1S/C7H7Cl2NO/c8-5-3-6(9)7(1-2-11)10-4-5/h3-4,11H,1-2H2. The Hall–Kier alpha value is -0.310. The molecule has 0 unspecified atom stereocenters. The second-order valence-electron chi connectivity index (χ2n) is 2.06. The molecule has 1 rings (SSSR count). The molecule has 0 radical (unpaired) electrons. The van der Waals surface area contributed by atoms with Crippen molar-refractivity contribution in [3.05, 3.63) is 28.0 Å². The second kappa shape index (κ2) is 3.90. The molecule has 1 N–H and O–H groups in total. The van der Waals surface area contributed by atoms with Crippen LogP contribution in [-0.2, 0) is 6.42 Å². The summed E-state index contributed by atoms with van der Waals surface area (Å²) in [6.07, 6.45) is 1.98. The van der Waals surface area contributed by atoms with Gasteiger partial charge >= 0.3 is 0 Å². The monoisotopic (exact) mass is 191 g/mol. The van der Waals surface area contributed by atoms with Crippen molar-refractivity contribution in [2.45, 2.75) is 6.42 Å². The van der Waals surface area contributed by atoms with Crippen molar-refractivity contribution in [2.75, 3.05) is 6.61 Å². The highest BCUT2D eigenvalue weighted by molar-refractivity contribution is 6.34. The summed E-state index contributed by atoms with van der Waals surface area (Å²) in [6, 6.07) is 1.61. The Labute approximate surface area is 74.8 Å². The van der Waals surface area contributed by atoms with Gasteiger partial charge in [0.15, 0.2) is 0 Å². The van der Waals surface area contributed by atoms with Gasteiger partial charge in [-0.05, 0) is 6.07 Å². The van der Waals surface area contributed by atoms with Crippen molar-refractivity contribution in [3.63, 3.8) is 0 Å². The van der Waals surface area contributed by atoms with Crippen LogP contribution >= 0.6 is 23.2 Å². The zero-order valence-corrected chi connectivity index (χ0v) is 7.23. The van der Waals surface area contributed by atoms with Crippen LogP contribution in [0.2, 0.25) is 10.0 Å². The lowest BCUT2D eigenvalue weighted by molar-refractivity contribution is 0.298. The van der Waals surface area contributed by atoms with Crippen molar-refractivity contribution < 1.29 is 5.11 Å². The van der Waals surface area contributed by atoms with Gasteiger partial charge in [-0.3, -0.25) is 4.98 Å². The molecule has 0 aromatic carbocycles. The molecular formula is C7H7Cl2NO. The fourth-order valence-corrected chi connectivity index (χ4v) is 1.21. The number of halogens is 2. The number of pyridine rings is 1. The lowest BCUT2D eigenvalue weighted by Crippen LogP contribution is -1.94. The minimum absolute atomic E-state index is 0.0500. The molecule has 0 aliphatic carbocycles. The van der Waals surface area contributed by atoms with E-state index in [9.17, 15) is 0 Å². The van der Waals surface area contributed by atoms with E-state index < -0.39 is 0 Å². The summed E-state index contributed by atoms with van der Waals surface area (Å²) in [7, 11) is 0. The van der Waals surface area contributed by atoms with Gasteiger partial charge in [0, 0.05) is 19.2 Å². The Kier molecular flexibility index (Phi) is 3.12. The summed E-state index contributed by atoms with van der Waals surface area (Å²) in [6.45, 7) is 0.0500. The Morgan fingerprint density at radius 2 is 2.18 bits per heavy atom. The summed E-state index contributed by atoms with van der Waals surface area (Å²) in [5.74, 6) is 0. The summed E-state index contributed by atoms with van der Waals surface area (Å²) in [4.78, 5) is 3.94. The van der Waals surface area contributed by atoms with Gasteiger partial charge in [0.2, 0.25) is 0 Å². The summed E-state index contributed by atoms with van der Waals surface area (Å²) in [5, 5.41) is 9.60. The summed E-state index contributed by atoms with van der Waals surface area (Å²) in [5.41, 5.74) is 0.679. The van der Waals surface area contributed by atoms with Crippen LogP contribution in [0.5, 0.6) is 0 Å². The van der Waals surface area contributed by atoms with Crippen LogP contribution in [0.25, 0.3) is 0 Å². The SMILES string of the molecule is OCCc1ncc(Cl)cc1Cl. The van der Waals surface area contributed by atoms with E-state index in [1.54, 1.807) is 6.07 Å². The smallest absolute Gasteiger partial charge is 0.0637 e. The molecule has 0 atom stereocenters. The largest absolute Gasteiger partial charge is 0.396 e. The van der Waals surface area contributed by atoms with Crippen LogP contribution in [0, 0.1) is 0 Å². The quantitative estimate of drug-likeness (QED) is 0.776. The molecule has 0 aliphatic rings. The van der Waals surface area contributed by atoms with Gasteiger partial charge in [-0.15, -0.1) is 0 Å². The molecule has 0 fully saturated rings. The molecule has 0 saturated carbocycles. The predicted molar refractivity (Wildman–Crippen MR) is 45.0 cm³/mol. The van der Waals surface area contributed by atoms with E-state index in [0.717, 1.165) is 0 Å². The first-order chi connectivity index (χ1) is 5.24. The first-order valence-electron chi connectivity index (χ1n) is 3.15. The van der Waals surface area contributed by atoms with Crippen molar-refractivity contribution in [3.8, 4) is 0 Å². The summed E-state index contributed by atoms with van der Waals surface area (Å²) >= 11 is 11.4. The van der Waals surface area contributed by atoms with Gasteiger partial charge in [-0.2, -0.15) is 0 Å². The van der Waals surface area contributed by atoms with E-state index in [1.165, 1.54) is 6.20 Å². The van der Waals surface area contributed by atoms with Gasteiger partial charge in [0.25, 0.3) is 0 Å². The molecule has 11 heavy (non-hydrogen) atoms. The fourth-order valence-electron chi connectivity index (χ4n) is 0.733. The molecular weight excluding hydrogens is 185 g/mol. The highest BCUT2D eigenvalue weighted by atomic mass is 35.5. The van der Waals surface area contributed by atoms with E-state index in [1.807, 2.05) is 0 Å². The lowest BCUT2D eigenvalue weighted by Gasteiger charge is -1.99. The lowest BCUT2D eigenvalue weighted by atomic mass is 10.3. The van der Waals surface area contributed by atoms with E-state index in [0.29, 0.717) is 22.2 Å². The zero-order chi connectivity index (χ0) is 8.27. The average Bonchev–Trinajstić information content (AvgIpc) is 1.95. The van der Waals surface area contributed by atoms with Crippen LogP contribution in [0.3, 0.4) is 0 Å². The van der Waals surface area contributed by atoms with Crippen molar-refractivity contribution in [1.82, 2.24) is 4.98 Å². The Balaban J connectivity index is 2.90. The molecule has 1 aromatic rings. The van der Waals surface area contributed by atoms with Crippen molar-refractivity contribution in [1.29, 1.82) is 0 Å². The number of aromatic nitrogens is 1. The van der Waals surface area contributed by atoms with Crippen LogP contribution in [0.4, 0.5) is 0 Å². The van der Waals surface area contributed by atoms with Gasteiger partial charge in [-0.25, -0.2) is 0 Å². The molecule has 0 saturated heterocycles. The third-order valence-electron chi connectivity index (χ3n) is 1.23. The van der Waals surface area contributed by atoms with Gasteiger partial charge in [0.05, 0.1) is 15.7 Å². The topological polar surface area (TPSA) is 33.1 Å². The van der Waals surface area contributed by atoms with Crippen molar-refractivity contribution in [2.24, 2.45) is 0 Å². The van der Waals surface area contributed by atoms with E-state index in [-0.39, 0.29) is 6.61 Å². The molecule has 0 spiro atoms. The Bertz CT molecular complexity index is 252. The first kappa shape index (κ1) is 8.78. The molecule has 60 valence electrons. The number of rotatable bonds is 2. The normalized spacial score (nSPS) is 10.1. The highest BCUT2D eigenvalue weighted by Gasteiger charge is 2.00. The van der Waals surface area contributed by atoms with Crippen LogP contribution in [0.1, 0.15) is 5.69 Å². The molecule has 0 bridgehead atoms. The molecule has 4 heteroatoms. The fraction of sp³-hybridized carbons (Fsp3) is 0.286. The van der Waals surface area contributed by atoms with Crippen LogP contribution in [0.15, 0.2) is 12.3 Å². The minimum Gasteiger partial charge on any atom is -0.396 e. The van der Waals surface area contributed by atoms with Gasteiger partial charge < -0.3 is 5.11 Å². The molecule has 0 aliphatic heterocycles. The maximum atomic E-state index is 8.58. The third-order valence-corrected chi connectivity index (χ3v) is 1.77.